The Kier molecular flexibility index (Phi) is 4.98. The van der Waals surface area contributed by atoms with Crippen molar-refractivity contribution < 1.29 is 13.9 Å². The molecule has 5 heteroatoms. The Balaban J connectivity index is 2.17. The third-order valence-electron chi connectivity index (χ3n) is 2.89. The van der Waals surface area contributed by atoms with E-state index in [1.807, 2.05) is 12.1 Å². The van der Waals surface area contributed by atoms with Gasteiger partial charge < -0.3 is 15.2 Å². The standard InChI is InChI=1S/C15H15BrFNO2/c1-19-13-5-3-10(8-18)15(7-13)20-9-11-2-4-12(17)6-14(11)16/h2-7H,8-9,18H2,1H3. The fourth-order valence-corrected chi connectivity index (χ4v) is 2.22. The minimum Gasteiger partial charge on any atom is -0.497 e. The van der Waals surface area contributed by atoms with Crippen LogP contribution in [-0.2, 0) is 13.2 Å². The highest BCUT2D eigenvalue weighted by Gasteiger charge is 2.07. The van der Waals surface area contributed by atoms with Crippen molar-refractivity contribution in [2.75, 3.05) is 7.11 Å². The summed E-state index contributed by atoms with van der Waals surface area (Å²) >= 11 is 3.31. The number of hydrogen-bond acceptors (Lipinski definition) is 3. The molecule has 0 atom stereocenters. The molecule has 0 saturated carbocycles. The number of halogens is 2. The van der Waals surface area contributed by atoms with E-state index in [9.17, 15) is 4.39 Å². The van der Waals surface area contributed by atoms with Crippen LogP contribution in [0.5, 0.6) is 11.5 Å². The van der Waals surface area contributed by atoms with Crippen LogP contribution < -0.4 is 15.2 Å². The van der Waals surface area contributed by atoms with Crippen molar-refractivity contribution in [2.24, 2.45) is 5.73 Å². The van der Waals surface area contributed by atoms with Gasteiger partial charge in [0.25, 0.3) is 0 Å². The van der Waals surface area contributed by atoms with Gasteiger partial charge in [-0.3, -0.25) is 0 Å². The lowest BCUT2D eigenvalue weighted by atomic mass is 10.2. The maximum atomic E-state index is 13.0. The molecule has 0 aliphatic carbocycles. The zero-order chi connectivity index (χ0) is 14.5. The monoisotopic (exact) mass is 339 g/mol. The van der Waals surface area contributed by atoms with Crippen LogP contribution in [-0.4, -0.2) is 7.11 Å². The predicted molar refractivity (Wildman–Crippen MR) is 79.3 cm³/mol. The zero-order valence-electron chi connectivity index (χ0n) is 11.0. The van der Waals surface area contributed by atoms with Crippen LogP contribution in [0.25, 0.3) is 0 Å². The van der Waals surface area contributed by atoms with Gasteiger partial charge in [-0.05, 0) is 18.2 Å². The van der Waals surface area contributed by atoms with Gasteiger partial charge >= 0.3 is 0 Å². The maximum absolute atomic E-state index is 13.0. The smallest absolute Gasteiger partial charge is 0.127 e. The van der Waals surface area contributed by atoms with Gasteiger partial charge in [-0.25, -0.2) is 4.39 Å². The minimum atomic E-state index is -0.287. The molecule has 0 aromatic heterocycles. The second kappa shape index (κ2) is 6.72. The third kappa shape index (κ3) is 3.49. The van der Waals surface area contributed by atoms with Gasteiger partial charge in [-0.1, -0.05) is 28.1 Å². The van der Waals surface area contributed by atoms with Crippen molar-refractivity contribution >= 4 is 15.9 Å². The van der Waals surface area contributed by atoms with Crippen LogP contribution in [0, 0.1) is 5.82 Å². The molecule has 2 aromatic carbocycles. The molecule has 20 heavy (non-hydrogen) atoms. The van der Waals surface area contributed by atoms with Gasteiger partial charge in [0.2, 0.25) is 0 Å². The molecule has 2 rings (SSSR count). The lowest BCUT2D eigenvalue weighted by molar-refractivity contribution is 0.299. The Hall–Kier alpha value is -1.59. The molecule has 0 fully saturated rings. The molecule has 0 aliphatic rings. The summed E-state index contributed by atoms with van der Waals surface area (Å²) in [4.78, 5) is 0. The number of ether oxygens (including phenoxy) is 2. The largest absolute Gasteiger partial charge is 0.497 e. The highest BCUT2D eigenvalue weighted by atomic mass is 79.9. The third-order valence-corrected chi connectivity index (χ3v) is 3.63. The van der Waals surface area contributed by atoms with Crippen molar-refractivity contribution in [3.05, 3.63) is 57.8 Å². The SMILES string of the molecule is COc1ccc(CN)c(OCc2ccc(F)cc2Br)c1. The molecule has 0 unspecified atom stereocenters. The molecular weight excluding hydrogens is 325 g/mol. The molecular formula is C15H15BrFNO2. The molecule has 0 amide bonds. The summed E-state index contributed by atoms with van der Waals surface area (Å²) in [5.74, 6) is 1.09. The number of methoxy groups -OCH3 is 1. The first kappa shape index (κ1) is 14.8. The fourth-order valence-electron chi connectivity index (χ4n) is 1.76. The van der Waals surface area contributed by atoms with E-state index >= 15 is 0 Å². The molecule has 0 heterocycles. The van der Waals surface area contributed by atoms with Gasteiger partial charge in [-0.2, -0.15) is 0 Å². The van der Waals surface area contributed by atoms with E-state index < -0.39 is 0 Å². The minimum absolute atomic E-state index is 0.287. The lowest BCUT2D eigenvalue weighted by Gasteiger charge is -2.13. The summed E-state index contributed by atoms with van der Waals surface area (Å²) in [7, 11) is 1.60. The van der Waals surface area contributed by atoms with Crippen molar-refractivity contribution in [3.63, 3.8) is 0 Å². The van der Waals surface area contributed by atoms with Crippen molar-refractivity contribution in [3.8, 4) is 11.5 Å². The summed E-state index contributed by atoms with van der Waals surface area (Å²) in [5, 5.41) is 0. The molecule has 0 radical (unpaired) electrons. The summed E-state index contributed by atoms with van der Waals surface area (Å²) in [6, 6.07) is 9.99. The molecule has 2 N–H and O–H groups in total. The van der Waals surface area contributed by atoms with E-state index in [1.165, 1.54) is 12.1 Å². The van der Waals surface area contributed by atoms with Crippen molar-refractivity contribution in [1.82, 2.24) is 0 Å². The number of rotatable bonds is 5. The topological polar surface area (TPSA) is 44.5 Å². The Morgan fingerprint density at radius 3 is 2.55 bits per heavy atom. The van der Waals surface area contributed by atoms with E-state index in [2.05, 4.69) is 15.9 Å². The molecule has 2 aromatic rings. The average Bonchev–Trinajstić information content (AvgIpc) is 2.46. The van der Waals surface area contributed by atoms with Crippen LogP contribution in [0.2, 0.25) is 0 Å². The molecule has 0 saturated heterocycles. The molecule has 106 valence electrons. The van der Waals surface area contributed by atoms with E-state index in [0.717, 1.165) is 11.1 Å². The van der Waals surface area contributed by atoms with Gasteiger partial charge in [0.15, 0.2) is 0 Å². The molecule has 0 bridgehead atoms. The number of hydrogen-bond donors (Lipinski definition) is 1. The lowest BCUT2D eigenvalue weighted by Crippen LogP contribution is -2.03. The quantitative estimate of drug-likeness (QED) is 0.904. The van der Waals surface area contributed by atoms with Crippen LogP contribution in [0.3, 0.4) is 0 Å². The Labute approximate surface area is 125 Å². The number of benzene rings is 2. The first-order valence-corrected chi connectivity index (χ1v) is 6.87. The zero-order valence-corrected chi connectivity index (χ0v) is 12.6. The first-order valence-electron chi connectivity index (χ1n) is 6.07. The second-order valence-corrected chi connectivity index (χ2v) is 5.06. The van der Waals surface area contributed by atoms with Gasteiger partial charge in [0.1, 0.15) is 23.9 Å². The predicted octanol–water partition coefficient (Wildman–Crippen LogP) is 3.63. The van der Waals surface area contributed by atoms with Crippen LogP contribution in [0.1, 0.15) is 11.1 Å². The van der Waals surface area contributed by atoms with E-state index in [4.69, 9.17) is 15.2 Å². The average molecular weight is 340 g/mol. The van der Waals surface area contributed by atoms with Crippen molar-refractivity contribution in [1.29, 1.82) is 0 Å². The first-order chi connectivity index (χ1) is 9.63. The number of nitrogens with two attached hydrogens (primary N) is 1. The Bertz CT molecular complexity index is 604. The highest BCUT2D eigenvalue weighted by Crippen LogP contribution is 2.26. The van der Waals surface area contributed by atoms with Crippen LogP contribution in [0.4, 0.5) is 4.39 Å². The Morgan fingerprint density at radius 2 is 1.90 bits per heavy atom. The maximum Gasteiger partial charge on any atom is 0.127 e. The summed E-state index contributed by atoms with van der Waals surface area (Å²) < 4.78 is 24.6. The van der Waals surface area contributed by atoms with E-state index in [0.29, 0.717) is 29.1 Å². The van der Waals surface area contributed by atoms with E-state index in [-0.39, 0.29) is 5.82 Å². The fraction of sp³-hybridized carbons (Fsp3) is 0.200. The van der Waals surface area contributed by atoms with Crippen molar-refractivity contribution in [2.45, 2.75) is 13.2 Å². The second-order valence-electron chi connectivity index (χ2n) is 4.20. The Morgan fingerprint density at radius 1 is 1.15 bits per heavy atom. The highest BCUT2D eigenvalue weighted by molar-refractivity contribution is 9.10. The summed E-state index contributed by atoms with van der Waals surface area (Å²) in [6.07, 6.45) is 0. The van der Waals surface area contributed by atoms with Gasteiger partial charge in [0.05, 0.1) is 7.11 Å². The van der Waals surface area contributed by atoms with Crippen LogP contribution >= 0.6 is 15.9 Å². The normalized spacial score (nSPS) is 10.4. The van der Waals surface area contributed by atoms with Gasteiger partial charge in [0, 0.05) is 28.2 Å². The van der Waals surface area contributed by atoms with E-state index in [1.54, 1.807) is 19.2 Å². The van der Waals surface area contributed by atoms with Gasteiger partial charge in [-0.15, -0.1) is 0 Å². The summed E-state index contributed by atoms with van der Waals surface area (Å²) in [6.45, 7) is 0.699. The molecule has 3 nitrogen and oxygen atoms in total. The summed E-state index contributed by atoms with van der Waals surface area (Å²) in [5.41, 5.74) is 7.43. The molecule has 0 spiro atoms. The van der Waals surface area contributed by atoms with Crippen LogP contribution in [0.15, 0.2) is 40.9 Å². The molecule has 0 aliphatic heterocycles.